The SMILES string of the molecule is CCC(C)(CCO)Nc1nnc(C)c(C)c1C(=O)O. The van der Waals surface area contributed by atoms with Gasteiger partial charge in [-0.05, 0) is 39.2 Å². The van der Waals surface area contributed by atoms with Gasteiger partial charge in [0, 0.05) is 12.1 Å². The second-order valence-electron chi connectivity index (χ2n) is 4.95. The van der Waals surface area contributed by atoms with Gasteiger partial charge in [-0.2, -0.15) is 5.10 Å². The van der Waals surface area contributed by atoms with Crippen LogP contribution in [0.15, 0.2) is 0 Å². The van der Waals surface area contributed by atoms with Crippen molar-refractivity contribution in [2.45, 2.75) is 46.1 Å². The van der Waals surface area contributed by atoms with Crippen molar-refractivity contribution in [3.05, 3.63) is 16.8 Å². The molecule has 0 saturated heterocycles. The zero-order valence-electron chi connectivity index (χ0n) is 11.8. The molecule has 1 aromatic rings. The molecule has 1 aromatic heterocycles. The molecule has 3 N–H and O–H groups in total. The molecule has 0 aliphatic rings. The highest BCUT2D eigenvalue weighted by atomic mass is 16.4. The first-order valence-electron chi connectivity index (χ1n) is 6.31. The van der Waals surface area contributed by atoms with Gasteiger partial charge in [-0.3, -0.25) is 0 Å². The average Bonchev–Trinajstić information content (AvgIpc) is 2.34. The smallest absolute Gasteiger partial charge is 0.339 e. The normalized spacial score (nSPS) is 13.9. The number of aromatic carboxylic acids is 1. The van der Waals surface area contributed by atoms with Gasteiger partial charge in [0.05, 0.1) is 5.69 Å². The highest BCUT2D eigenvalue weighted by molar-refractivity contribution is 5.95. The van der Waals surface area contributed by atoms with E-state index in [2.05, 4.69) is 15.5 Å². The number of carboxylic acids is 1. The van der Waals surface area contributed by atoms with E-state index in [4.69, 9.17) is 5.11 Å². The molecule has 1 atom stereocenters. The fraction of sp³-hybridized carbons (Fsp3) is 0.615. The summed E-state index contributed by atoms with van der Waals surface area (Å²) in [5.74, 6) is -0.770. The van der Waals surface area contributed by atoms with Crippen LogP contribution in [-0.4, -0.2) is 38.5 Å². The lowest BCUT2D eigenvalue weighted by Crippen LogP contribution is -2.36. The van der Waals surface area contributed by atoms with Crippen LogP contribution < -0.4 is 5.32 Å². The third-order valence-corrected chi connectivity index (χ3v) is 3.53. The highest BCUT2D eigenvalue weighted by Crippen LogP contribution is 2.25. The molecule has 1 rings (SSSR count). The Kier molecular flexibility index (Phi) is 4.83. The Balaban J connectivity index is 3.21. The lowest BCUT2D eigenvalue weighted by Gasteiger charge is -2.30. The molecule has 0 bridgehead atoms. The summed E-state index contributed by atoms with van der Waals surface area (Å²) in [6.07, 6.45) is 1.25. The van der Waals surface area contributed by atoms with Crippen molar-refractivity contribution in [2.24, 2.45) is 0 Å². The summed E-state index contributed by atoms with van der Waals surface area (Å²) < 4.78 is 0. The molecule has 1 unspecified atom stereocenters. The molecule has 0 spiro atoms. The van der Waals surface area contributed by atoms with Gasteiger partial charge in [0.2, 0.25) is 0 Å². The molecule has 0 radical (unpaired) electrons. The number of carbonyl (C=O) groups is 1. The minimum absolute atomic E-state index is 0.0258. The number of hydrogen-bond donors (Lipinski definition) is 3. The van der Waals surface area contributed by atoms with E-state index in [9.17, 15) is 9.90 Å². The van der Waals surface area contributed by atoms with Crippen LogP contribution >= 0.6 is 0 Å². The molecule has 6 nitrogen and oxygen atoms in total. The summed E-state index contributed by atoms with van der Waals surface area (Å²) in [6.45, 7) is 7.36. The van der Waals surface area contributed by atoms with Crippen LogP contribution in [0.5, 0.6) is 0 Å². The molecule has 0 aliphatic heterocycles. The molecular formula is C13H21N3O3. The Morgan fingerprint density at radius 1 is 1.37 bits per heavy atom. The first kappa shape index (κ1) is 15.4. The van der Waals surface area contributed by atoms with Gasteiger partial charge < -0.3 is 15.5 Å². The number of aromatic nitrogens is 2. The number of aliphatic hydroxyl groups excluding tert-OH is 1. The Morgan fingerprint density at radius 2 is 2.00 bits per heavy atom. The van der Waals surface area contributed by atoms with E-state index >= 15 is 0 Å². The number of hydrogen-bond acceptors (Lipinski definition) is 5. The Morgan fingerprint density at radius 3 is 2.47 bits per heavy atom. The van der Waals surface area contributed by atoms with Gasteiger partial charge in [-0.15, -0.1) is 5.10 Å². The predicted octanol–water partition coefficient (Wildman–Crippen LogP) is 1.75. The molecule has 0 saturated carbocycles. The van der Waals surface area contributed by atoms with E-state index in [1.54, 1.807) is 13.8 Å². The predicted molar refractivity (Wildman–Crippen MR) is 72.5 cm³/mol. The lowest BCUT2D eigenvalue weighted by molar-refractivity contribution is 0.0696. The lowest BCUT2D eigenvalue weighted by atomic mass is 9.94. The number of nitrogens with one attached hydrogen (secondary N) is 1. The molecule has 106 valence electrons. The number of aliphatic hydroxyl groups is 1. The van der Waals surface area contributed by atoms with Crippen molar-refractivity contribution in [2.75, 3.05) is 11.9 Å². The van der Waals surface area contributed by atoms with Crippen LogP contribution in [0.4, 0.5) is 5.82 Å². The van der Waals surface area contributed by atoms with E-state index in [-0.39, 0.29) is 18.0 Å². The third kappa shape index (κ3) is 3.41. The van der Waals surface area contributed by atoms with Crippen LogP contribution in [0, 0.1) is 13.8 Å². The van der Waals surface area contributed by atoms with Crippen molar-refractivity contribution in [1.29, 1.82) is 0 Å². The fourth-order valence-electron chi connectivity index (χ4n) is 1.82. The molecule has 1 heterocycles. The monoisotopic (exact) mass is 267 g/mol. The van der Waals surface area contributed by atoms with E-state index in [1.807, 2.05) is 13.8 Å². The van der Waals surface area contributed by atoms with Crippen molar-refractivity contribution in [1.82, 2.24) is 10.2 Å². The maximum absolute atomic E-state index is 11.4. The highest BCUT2D eigenvalue weighted by Gasteiger charge is 2.26. The maximum atomic E-state index is 11.4. The van der Waals surface area contributed by atoms with Crippen molar-refractivity contribution in [3.8, 4) is 0 Å². The van der Waals surface area contributed by atoms with Crippen molar-refractivity contribution >= 4 is 11.8 Å². The minimum atomic E-state index is -1.03. The molecule has 0 aromatic carbocycles. The first-order chi connectivity index (χ1) is 8.84. The average molecular weight is 267 g/mol. The largest absolute Gasteiger partial charge is 0.478 e. The summed E-state index contributed by atoms with van der Waals surface area (Å²) in [6, 6.07) is 0. The zero-order chi connectivity index (χ0) is 14.6. The van der Waals surface area contributed by atoms with Crippen LogP contribution in [0.2, 0.25) is 0 Å². The Bertz CT molecular complexity index is 476. The second kappa shape index (κ2) is 5.97. The Labute approximate surface area is 112 Å². The molecule has 0 amide bonds. The van der Waals surface area contributed by atoms with E-state index in [0.717, 1.165) is 6.42 Å². The minimum Gasteiger partial charge on any atom is -0.478 e. The quantitative estimate of drug-likeness (QED) is 0.727. The maximum Gasteiger partial charge on any atom is 0.339 e. The molecule has 6 heteroatoms. The van der Waals surface area contributed by atoms with Crippen molar-refractivity contribution < 1.29 is 15.0 Å². The van der Waals surface area contributed by atoms with Gasteiger partial charge in [-0.25, -0.2) is 4.79 Å². The summed E-state index contributed by atoms with van der Waals surface area (Å²) in [5.41, 5.74) is 0.941. The van der Waals surface area contributed by atoms with Crippen LogP contribution in [0.1, 0.15) is 48.3 Å². The van der Waals surface area contributed by atoms with E-state index in [1.165, 1.54) is 0 Å². The van der Waals surface area contributed by atoms with E-state index in [0.29, 0.717) is 17.7 Å². The van der Waals surface area contributed by atoms with E-state index < -0.39 is 11.5 Å². The van der Waals surface area contributed by atoms with Crippen LogP contribution in [0.25, 0.3) is 0 Å². The van der Waals surface area contributed by atoms with Gasteiger partial charge in [0.1, 0.15) is 5.56 Å². The zero-order valence-corrected chi connectivity index (χ0v) is 11.8. The summed E-state index contributed by atoms with van der Waals surface area (Å²) in [5, 5.41) is 29.4. The number of aryl methyl sites for hydroxylation is 1. The van der Waals surface area contributed by atoms with Gasteiger partial charge in [0.25, 0.3) is 0 Å². The summed E-state index contributed by atoms with van der Waals surface area (Å²) >= 11 is 0. The van der Waals surface area contributed by atoms with Crippen molar-refractivity contribution in [3.63, 3.8) is 0 Å². The molecule has 19 heavy (non-hydrogen) atoms. The molecular weight excluding hydrogens is 246 g/mol. The summed E-state index contributed by atoms with van der Waals surface area (Å²) in [4.78, 5) is 11.4. The number of nitrogens with zero attached hydrogens (tertiary/aromatic N) is 2. The second-order valence-corrected chi connectivity index (χ2v) is 4.95. The van der Waals surface area contributed by atoms with Gasteiger partial charge >= 0.3 is 5.97 Å². The Hall–Kier alpha value is -1.69. The number of carboxylic acid groups (broad SMARTS) is 1. The number of rotatable bonds is 6. The summed E-state index contributed by atoms with van der Waals surface area (Å²) in [7, 11) is 0. The molecule has 0 fully saturated rings. The van der Waals surface area contributed by atoms with Crippen LogP contribution in [0.3, 0.4) is 0 Å². The fourth-order valence-corrected chi connectivity index (χ4v) is 1.82. The number of anilines is 1. The topological polar surface area (TPSA) is 95.3 Å². The van der Waals surface area contributed by atoms with Crippen LogP contribution in [-0.2, 0) is 0 Å². The third-order valence-electron chi connectivity index (χ3n) is 3.53. The standard InChI is InChI=1S/C13H21N3O3/c1-5-13(4,6-7-17)14-11-10(12(18)19)8(2)9(3)15-16-11/h17H,5-7H2,1-4H3,(H,14,16)(H,18,19). The first-order valence-corrected chi connectivity index (χ1v) is 6.31. The van der Waals surface area contributed by atoms with Gasteiger partial charge in [0.15, 0.2) is 5.82 Å². The molecule has 0 aliphatic carbocycles. The van der Waals surface area contributed by atoms with Gasteiger partial charge in [-0.1, -0.05) is 6.92 Å².